The quantitative estimate of drug-likeness (QED) is 0.556. The summed E-state index contributed by atoms with van der Waals surface area (Å²) >= 11 is 0. The Morgan fingerprint density at radius 3 is 2.84 bits per heavy atom. The fourth-order valence-corrected chi connectivity index (χ4v) is 4.88. The molecule has 1 N–H and O–H groups in total. The zero-order valence-electron chi connectivity index (χ0n) is 19.6. The number of aromatic nitrogens is 3. The first-order valence-electron chi connectivity index (χ1n) is 12.0. The summed E-state index contributed by atoms with van der Waals surface area (Å²) in [6.07, 6.45) is -1.63. The Hall–Kier alpha value is -3.93. The maximum absolute atomic E-state index is 13.5. The van der Waals surface area contributed by atoms with Gasteiger partial charge in [-0.25, -0.2) is 14.8 Å². The summed E-state index contributed by atoms with van der Waals surface area (Å²) in [7, 11) is 0. The lowest BCUT2D eigenvalue weighted by molar-refractivity contribution is -0.137. The van der Waals surface area contributed by atoms with Crippen molar-refractivity contribution in [2.24, 2.45) is 0 Å². The third-order valence-electron chi connectivity index (χ3n) is 6.68. The number of rotatable bonds is 4. The van der Waals surface area contributed by atoms with E-state index in [-0.39, 0.29) is 24.0 Å². The highest BCUT2D eigenvalue weighted by Gasteiger charge is 2.40. The van der Waals surface area contributed by atoms with Gasteiger partial charge in [0.1, 0.15) is 11.9 Å². The van der Waals surface area contributed by atoms with Crippen molar-refractivity contribution in [3.8, 4) is 17.3 Å². The van der Waals surface area contributed by atoms with Gasteiger partial charge in [-0.2, -0.15) is 18.2 Å². The first-order valence-corrected chi connectivity index (χ1v) is 12.0. The first kappa shape index (κ1) is 23.5. The smallest absolute Gasteiger partial charge is 0.416 e. The summed E-state index contributed by atoms with van der Waals surface area (Å²) in [6.45, 7) is 2.47. The second kappa shape index (κ2) is 9.18. The number of amides is 2. The second-order valence-electron chi connectivity index (χ2n) is 9.13. The number of ether oxygens (including phenoxy) is 2. The number of halogens is 3. The molecule has 5 heterocycles. The van der Waals surface area contributed by atoms with E-state index in [0.29, 0.717) is 36.8 Å². The summed E-state index contributed by atoms with van der Waals surface area (Å²) < 4.78 is 50.9. The molecule has 0 unspecified atom stereocenters. The van der Waals surface area contributed by atoms with Crippen molar-refractivity contribution in [2.45, 2.75) is 31.2 Å². The number of benzene rings is 1. The van der Waals surface area contributed by atoms with Gasteiger partial charge in [0.05, 0.1) is 36.2 Å². The molecule has 9 nitrogen and oxygen atoms in total. The zero-order valence-corrected chi connectivity index (χ0v) is 19.6. The van der Waals surface area contributed by atoms with Gasteiger partial charge in [0.15, 0.2) is 5.82 Å². The van der Waals surface area contributed by atoms with E-state index in [1.807, 2.05) is 0 Å². The van der Waals surface area contributed by atoms with Crippen LogP contribution in [0.1, 0.15) is 18.4 Å². The van der Waals surface area contributed by atoms with Gasteiger partial charge in [-0.1, -0.05) is 12.1 Å². The number of alkyl halides is 3. The van der Waals surface area contributed by atoms with Gasteiger partial charge in [-0.3, -0.25) is 10.2 Å². The van der Waals surface area contributed by atoms with Gasteiger partial charge in [-0.05, 0) is 36.8 Å². The van der Waals surface area contributed by atoms with Crippen LogP contribution >= 0.6 is 0 Å². The molecule has 2 amide bonds. The van der Waals surface area contributed by atoms with Crippen LogP contribution in [0.5, 0.6) is 6.01 Å². The number of pyridine rings is 1. The molecular formula is C25H23F3N6O3. The molecule has 0 radical (unpaired) electrons. The Morgan fingerprint density at radius 2 is 2.03 bits per heavy atom. The minimum atomic E-state index is -4.47. The highest BCUT2D eigenvalue weighted by molar-refractivity contribution is 6.04. The third kappa shape index (κ3) is 4.64. The number of urea groups is 1. The van der Waals surface area contributed by atoms with E-state index in [9.17, 15) is 18.0 Å². The Labute approximate surface area is 210 Å². The summed E-state index contributed by atoms with van der Waals surface area (Å²) in [5.41, 5.74) is 0.669. The molecule has 0 spiro atoms. The van der Waals surface area contributed by atoms with E-state index in [4.69, 9.17) is 9.47 Å². The number of hydrogen-bond donors (Lipinski definition) is 1. The van der Waals surface area contributed by atoms with Crippen molar-refractivity contribution < 1.29 is 27.4 Å². The minimum absolute atomic E-state index is 0.134. The number of carbonyl (C=O) groups excluding carboxylic acids is 1. The molecule has 3 aliphatic rings. The predicted molar refractivity (Wildman–Crippen MR) is 129 cm³/mol. The molecule has 192 valence electrons. The van der Waals surface area contributed by atoms with Crippen molar-refractivity contribution in [2.75, 3.05) is 41.4 Å². The van der Waals surface area contributed by atoms with Crippen molar-refractivity contribution >= 4 is 23.4 Å². The number of fused-ring (bicyclic) bond motifs is 4. The van der Waals surface area contributed by atoms with Crippen LogP contribution in [0, 0.1) is 0 Å². The molecule has 2 atom stereocenters. The highest BCUT2D eigenvalue weighted by Crippen LogP contribution is 2.41. The maximum atomic E-state index is 13.5. The van der Waals surface area contributed by atoms with Gasteiger partial charge < -0.3 is 14.4 Å². The minimum Gasteiger partial charge on any atom is -0.458 e. The number of nitrogens with zero attached hydrogens (tertiary/aromatic N) is 5. The lowest BCUT2D eigenvalue weighted by Gasteiger charge is -2.35. The Morgan fingerprint density at radius 1 is 1.14 bits per heavy atom. The molecule has 2 fully saturated rings. The predicted octanol–water partition coefficient (Wildman–Crippen LogP) is 4.36. The number of hydrogen-bond acceptors (Lipinski definition) is 7. The number of anilines is 3. The van der Waals surface area contributed by atoms with Crippen LogP contribution < -0.4 is 19.9 Å². The van der Waals surface area contributed by atoms with Gasteiger partial charge in [-0.15, -0.1) is 0 Å². The average Bonchev–Trinajstić information content (AvgIpc) is 3.54. The van der Waals surface area contributed by atoms with Crippen molar-refractivity contribution in [1.29, 1.82) is 0 Å². The van der Waals surface area contributed by atoms with Gasteiger partial charge in [0, 0.05) is 31.3 Å². The Balaban J connectivity index is 1.29. The van der Waals surface area contributed by atoms with Crippen molar-refractivity contribution in [3.63, 3.8) is 0 Å². The number of nitrogens with one attached hydrogen (secondary N) is 1. The molecule has 2 aromatic heterocycles. The summed E-state index contributed by atoms with van der Waals surface area (Å²) in [6, 6.07) is 9.64. The summed E-state index contributed by atoms with van der Waals surface area (Å²) in [4.78, 5) is 30.3. The fourth-order valence-electron chi connectivity index (χ4n) is 4.88. The monoisotopic (exact) mass is 512 g/mol. The topological polar surface area (TPSA) is 92.7 Å². The van der Waals surface area contributed by atoms with E-state index in [2.05, 4.69) is 25.2 Å². The van der Waals surface area contributed by atoms with E-state index >= 15 is 0 Å². The zero-order chi connectivity index (χ0) is 25.6. The van der Waals surface area contributed by atoms with E-state index < -0.39 is 17.8 Å². The molecule has 2 saturated heterocycles. The molecule has 3 aliphatic heterocycles. The molecule has 0 aliphatic carbocycles. The van der Waals surface area contributed by atoms with E-state index in [0.717, 1.165) is 37.2 Å². The van der Waals surface area contributed by atoms with Crippen LogP contribution in [0.25, 0.3) is 11.3 Å². The largest absolute Gasteiger partial charge is 0.458 e. The summed E-state index contributed by atoms with van der Waals surface area (Å²) in [5.74, 6) is 0.666. The van der Waals surface area contributed by atoms with Crippen LogP contribution in [0.4, 0.5) is 35.3 Å². The molecule has 0 saturated carbocycles. The molecule has 2 bridgehead atoms. The van der Waals surface area contributed by atoms with Crippen LogP contribution in [0.15, 0.2) is 48.7 Å². The maximum Gasteiger partial charge on any atom is 0.416 e. The van der Waals surface area contributed by atoms with Gasteiger partial charge >= 0.3 is 18.2 Å². The molecule has 3 aromatic rings. The molecular weight excluding hydrogens is 489 g/mol. The first-order chi connectivity index (χ1) is 17.8. The standard InChI is InChI=1S/C25H23F3N6O3/c26-25(27,28)16-3-1-2-15(12-16)19-4-5-20-22(30-19)34(17-7-10-33(20)13-17)24(35)32-21-6-9-29-23(31-21)37-18-8-11-36-14-18/h1-6,9,12,17-18H,7-8,10-11,13-14H2,(H,29,31,32,35)/t17-,18-/m0/s1. The Kier molecular flexibility index (Phi) is 5.82. The summed E-state index contributed by atoms with van der Waals surface area (Å²) in [5, 5.41) is 2.81. The van der Waals surface area contributed by atoms with Crippen molar-refractivity contribution in [1.82, 2.24) is 15.0 Å². The normalized spacial score (nSPS) is 20.6. The molecule has 12 heteroatoms. The Bertz CT molecular complexity index is 1330. The van der Waals surface area contributed by atoms with Crippen LogP contribution in [-0.4, -0.2) is 59.4 Å². The molecule has 6 rings (SSSR count). The van der Waals surface area contributed by atoms with Crippen LogP contribution in [0.2, 0.25) is 0 Å². The van der Waals surface area contributed by atoms with Gasteiger partial charge in [0.2, 0.25) is 0 Å². The lowest BCUT2D eigenvalue weighted by atomic mass is 10.1. The fraction of sp³-hybridized carbons (Fsp3) is 0.360. The van der Waals surface area contributed by atoms with Crippen LogP contribution in [-0.2, 0) is 10.9 Å². The van der Waals surface area contributed by atoms with E-state index in [1.54, 1.807) is 29.2 Å². The lowest BCUT2D eigenvalue weighted by Crippen LogP contribution is -2.48. The van der Waals surface area contributed by atoms with E-state index in [1.165, 1.54) is 12.3 Å². The van der Waals surface area contributed by atoms with Gasteiger partial charge in [0.25, 0.3) is 0 Å². The molecule has 37 heavy (non-hydrogen) atoms. The van der Waals surface area contributed by atoms with Crippen LogP contribution in [0.3, 0.4) is 0 Å². The average molecular weight is 512 g/mol. The molecule has 1 aromatic carbocycles. The number of carbonyl (C=O) groups is 1. The van der Waals surface area contributed by atoms with Crippen molar-refractivity contribution in [3.05, 3.63) is 54.2 Å². The third-order valence-corrected chi connectivity index (χ3v) is 6.68. The second-order valence-corrected chi connectivity index (χ2v) is 9.13. The highest BCUT2D eigenvalue weighted by atomic mass is 19.4. The SMILES string of the molecule is O=C(Nc1ccnc(O[C@H]2CCOC2)n1)N1c2nc(-c3cccc(C(F)(F)F)c3)ccc2N2CC[C@H]1C2.